The van der Waals surface area contributed by atoms with E-state index in [4.69, 9.17) is 9.47 Å². The fraction of sp³-hybridized carbons (Fsp3) is 0.148. The molecule has 10 rings (SSSR count). The standard InChI is InChI=1S/C54H48N2O4Si/c1-35-29-43(53(57)49(31-35)55-45-23-11-5-17-37(45)38-18-6-12-24-46(38)55)41-21-9-15-27-51(41)59-33-61(3,4)34-60-52-28-16-10-22-42(52)44-30-36(2)32-50(54(44)58)56-47-25-13-7-19-39(47)40-20-8-14-26-48(40)56/h5-21,23-32,42,57-58H,22,33-34H2,1-4H3. The van der Waals surface area contributed by atoms with Gasteiger partial charge < -0.3 is 28.8 Å². The summed E-state index contributed by atoms with van der Waals surface area (Å²) in [5.74, 6) is 1.90. The van der Waals surface area contributed by atoms with Gasteiger partial charge in [-0.3, -0.25) is 0 Å². The predicted molar refractivity (Wildman–Crippen MR) is 253 cm³/mol. The van der Waals surface area contributed by atoms with E-state index in [9.17, 15) is 10.2 Å². The van der Waals surface area contributed by atoms with E-state index in [-0.39, 0.29) is 17.4 Å². The highest BCUT2D eigenvalue weighted by Crippen LogP contribution is 2.45. The molecule has 7 aromatic carbocycles. The Labute approximate surface area is 356 Å². The molecular weight excluding hydrogens is 769 g/mol. The molecule has 0 radical (unpaired) electrons. The minimum atomic E-state index is -2.15. The van der Waals surface area contributed by atoms with Gasteiger partial charge in [-0.25, -0.2) is 0 Å². The fourth-order valence-electron chi connectivity index (χ4n) is 9.17. The number of phenolic OH excluding ortho intramolecular Hbond substituents is 2. The van der Waals surface area contributed by atoms with E-state index < -0.39 is 8.07 Å². The number of hydrogen-bond donors (Lipinski definition) is 2. The lowest BCUT2D eigenvalue weighted by Gasteiger charge is -2.29. The van der Waals surface area contributed by atoms with E-state index in [0.717, 1.165) is 101 Å². The van der Waals surface area contributed by atoms with Gasteiger partial charge in [0.05, 0.1) is 45.9 Å². The predicted octanol–water partition coefficient (Wildman–Crippen LogP) is 13.4. The van der Waals surface area contributed by atoms with E-state index in [2.05, 4.69) is 151 Å². The first-order valence-electron chi connectivity index (χ1n) is 21.0. The van der Waals surface area contributed by atoms with Crippen LogP contribution in [0.15, 0.2) is 170 Å². The highest BCUT2D eigenvalue weighted by atomic mass is 28.3. The number of hydrogen-bond acceptors (Lipinski definition) is 4. The fourth-order valence-corrected chi connectivity index (χ4v) is 10.4. The van der Waals surface area contributed by atoms with Crippen molar-refractivity contribution in [3.05, 3.63) is 186 Å². The minimum Gasteiger partial charge on any atom is -0.505 e. The van der Waals surface area contributed by atoms with Crippen LogP contribution in [-0.2, 0) is 4.74 Å². The van der Waals surface area contributed by atoms with Crippen LogP contribution in [0.1, 0.15) is 29.0 Å². The smallest absolute Gasteiger partial charge is 0.147 e. The summed E-state index contributed by atoms with van der Waals surface area (Å²) in [4.78, 5) is 0. The van der Waals surface area contributed by atoms with Crippen molar-refractivity contribution in [1.29, 1.82) is 0 Å². The van der Waals surface area contributed by atoms with Gasteiger partial charge in [-0.2, -0.15) is 0 Å². The number of para-hydroxylation sites is 5. The number of benzene rings is 7. The lowest BCUT2D eigenvalue weighted by atomic mass is 9.88. The molecule has 0 saturated heterocycles. The zero-order chi connectivity index (χ0) is 41.8. The molecule has 302 valence electrons. The van der Waals surface area contributed by atoms with E-state index in [1.54, 1.807) is 0 Å². The van der Waals surface area contributed by atoms with E-state index in [1.165, 1.54) is 0 Å². The van der Waals surface area contributed by atoms with Crippen molar-refractivity contribution >= 4 is 51.7 Å². The normalized spacial score (nSPS) is 14.3. The second kappa shape index (κ2) is 15.3. The molecule has 0 saturated carbocycles. The Kier molecular flexibility index (Phi) is 9.56. The first-order chi connectivity index (χ1) is 29.7. The van der Waals surface area contributed by atoms with Gasteiger partial charge in [-0.05, 0) is 86.0 Å². The summed E-state index contributed by atoms with van der Waals surface area (Å²) in [6, 6.07) is 49.7. The largest absolute Gasteiger partial charge is 0.505 e. The third kappa shape index (κ3) is 6.75. The third-order valence-corrected chi connectivity index (χ3v) is 13.9. The highest BCUT2D eigenvalue weighted by Gasteiger charge is 2.30. The van der Waals surface area contributed by atoms with Crippen LogP contribution in [-0.4, -0.2) is 39.9 Å². The Bertz CT molecular complexity index is 3120. The molecule has 2 heterocycles. The molecule has 2 N–H and O–H groups in total. The van der Waals surface area contributed by atoms with Crippen LogP contribution < -0.4 is 4.74 Å². The Morgan fingerprint density at radius 1 is 0.557 bits per heavy atom. The summed E-state index contributed by atoms with van der Waals surface area (Å²) in [6.45, 7) is 8.72. The number of nitrogens with zero attached hydrogens (tertiary/aromatic N) is 2. The van der Waals surface area contributed by atoms with Crippen molar-refractivity contribution in [1.82, 2.24) is 9.13 Å². The molecule has 0 spiro atoms. The average molecular weight is 817 g/mol. The van der Waals surface area contributed by atoms with Crippen LogP contribution >= 0.6 is 0 Å². The maximum Gasteiger partial charge on any atom is 0.147 e. The number of ether oxygens (including phenoxy) is 2. The molecule has 0 amide bonds. The Hall–Kier alpha value is -6.96. The maximum absolute atomic E-state index is 12.2. The number of allylic oxidation sites excluding steroid dienone is 4. The van der Waals surface area contributed by atoms with Crippen LogP contribution in [0.25, 0.3) is 66.1 Å². The molecule has 2 aromatic heterocycles. The number of aromatic nitrogens is 2. The van der Waals surface area contributed by atoms with E-state index >= 15 is 0 Å². The van der Waals surface area contributed by atoms with Gasteiger partial charge in [0.15, 0.2) is 0 Å². The van der Waals surface area contributed by atoms with Crippen molar-refractivity contribution in [3.63, 3.8) is 0 Å². The van der Waals surface area contributed by atoms with Crippen molar-refractivity contribution in [2.45, 2.75) is 39.3 Å². The monoisotopic (exact) mass is 816 g/mol. The zero-order valence-electron chi connectivity index (χ0n) is 34.9. The van der Waals surface area contributed by atoms with Crippen molar-refractivity contribution in [2.24, 2.45) is 0 Å². The summed E-state index contributed by atoms with van der Waals surface area (Å²) < 4.78 is 17.9. The molecule has 61 heavy (non-hydrogen) atoms. The molecule has 1 unspecified atom stereocenters. The van der Waals surface area contributed by atoms with Gasteiger partial charge >= 0.3 is 0 Å². The van der Waals surface area contributed by atoms with Crippen LogP contribution in [0, 0.1) is 13.8 Å². The zero-order valence-corrected chi connectivity index (χ0v) is 35.9. The number of phenols is 2. The minimum absolute atomic E-state index is 0.142. The summed E-state index contributed by atoms with van der Waals surface area (Å²) in [5, 5.41) is 28.9. The Morgan fingerprint density at radius 3 is 1.61 bits per heavy atom. The second-order valence-electron chi connectivity index (χ2n) is 17.2. The van der Waals surface area contributed by atoms with Crippen molar-refractivity contribution in [2.75, 3.05) is 12.5 Å². The third-order valence-electron chi connectivity index (χ3n) is 12.1. The number of rotatable bonds is 10. The SMILES string of the molecule is Cc1cc(-c2ccccc2OC[Si](C)(C)COC2=CC=CCC2c2cc(C)cc(-n3c4ccccc4c4ccccc43)c2O)c(O)c(-n2c3ccccc3c3ccccc32)c1. The quantitative estimate of drug-likeness (QED) is 0.135. The van der Waals surface area contributed by atoms with Crippen molar-refractivity contribution < 1.29 is 19.7 Å². The van der Waals surface area contributed by atoms with Crippen LogP contribution in [0.2, 0.25) is 13.1 Å². The second-order valence-corrected chi connectivity index (χ2v) is 22.1. The van der Waals surface area contributed by atoms with Gasteiger partial charge in [-0.15, -0.1) is 0 Å². The van der Waals surface area contributed by atoms with Crippen LogP contribution in [0.3, 0.4) is 0 Å². The van der Waals surface area contributed by atoms with Crippen LogP contribution in [0.5, 0.6) is 17.2 Å². The van der Waals surface area contributed by atoms with Gasteiger partial charge in [0, 0.05) is 44.2 Å². The van der Waals surface area contributed by atoms with Gasteiger partial charge in [0.1, 0.15) is 31.1 Å². The van der Waals surface area contributed by atoms with Gasteiger partial charge in [0.2, 0.25) is 0 Å². The van der Waals surface area contributed by atoms with E-state index in [0.29, 0.717) is 12.5 Å². The van der Waals surface area contributed by atoms with Crippen molar-refractivity contribution in [3.8, 4) is 39.8 Å². The summed E-state index contributed by atoms with van der Waals surface area (Å²) in [7, 11) is -2.15. The highest BCUT2D eigenvalue weighted by molar-refractivity contribution is 6.77. The lowest BCUT2D eigenvalue weighted by molar-refractivity contribution is 0.229. The number of aromatic hydroxyl groups is 2. The summed E-state index contributed by atoms with van der Waals surface area (Å²) >= 11 is 0. The summed E-state index contributed by atoms with van der Waals surface area (Å²) in [5.41, 5.74) is 10.2. The maximum atomic E-state index is 12.2. The topological polar surface area (TPSA) is 68.8 Å². The molecule has 0 bridgehead atoms. The first-order valence-corrected chi connectivity index (χ1v) is 24.4. The molecule has 0 aliphatic heterocycles. The van der Waals surface area contributed by atoms with E-state index in [1.807, 2.05) is 48.5 Å². The molecule has 7 heteroatoms. The van der Waals surface area contributed by atoms with Crippen LogP contribution in [0.4, 0.5) is 0 Å². The molecular formula is C54H48N2O4Si. The molecule has 9 aromatic rings. The molecule has 0 fully saturated rings. The van der Waals surface area contributed by atoms with Gasteiger partial charge in [0.25, 0.3) is 0 Å². The molecule has 6 nitrogen and oxygen atoms in total. The first kappa shape index (κ1) is 38.3. The Morgan fingerprint density at radius 2 is 1.03 bits per heavy atom. The Balaban J connectivity index is 0.916. The molecule has 1 aliphatic rings. The molecule has 1 aliphatic carbocycles. The molecule has 1 atom stereocenters. The van der Waals surface area contributed by atoms with Gasteiger partial charge in [-0.1, -0.05) is 122 Å². The number of aryl methyl sites for hydroxylation is 2. The average Bonchev–Trinajstić information content (AvgIpc) is 3.80. The summed E-state index contributed by atoms with van der Waals surface area (Å²) in [6.07, 6.45) is 8.01. The number of fused-ring (bicyclic) bond motifs is 6. The lowest BCUT2D eigenvalue weighted by Crippen LogP contribution is -2.40.